The number of nitrogens with one attached hydrogen (secondary N) is 2. The second-order valence-corrected chi connectivity index (χ2v) is 7.49. The van der Waals surface area contributed by atoms with Crippen molar-refractivity contribution in [3.63, 3.8) is 0 Å². The van der Waals surface area contributed by atoms with Gasteiger partial charge < -0.3 is 20.1 Å². The summed E-state index contributed by atoms with van der Waals surface area (Å²) in [6.07, 6.45) is 1.46. The number of aliphatic imine (C=N–C) groups is 1. The Labute approximate surface area is 199 Å². The van der Waals surface area contributed by atoms with E-state index in [0.717, 1.165) is 42.6 Å². The largest absolute Gasteiger partial charge is 0.493 e. The van der Waals surface area contributed by atoms with Crippen molar-refractivity contribution in [2.75, 3.05) is 33.4 Å². The van der Waals surface area contributed by atoms with Crippen LogP contribution >= 0.6 is 24.0 Å². The SMILES string of the molecule is CN=C(NCCc1ccc(F)cc1F)NCc1ccc(C)cc1OCC1CCOC1.I. The molecule has 0 aromatic heterocycles. The lowest BCUT2D eigenvalue weighted by Crippen LogP contribution is -2.38. The van der Waals surface area contributed by atoms with Crippen LogP contribution in [0.4, 0.5) is 8.78 Å². The lowest BCUT2D eigenvalue weighted by molar-refractivity contribution is 0.166. The van der Waals surface area contributed by atoms with Gasteiger partial charge in [-0.1, -0.05) is 18.2 Å². The molecule has 2 aromatic rings. The monoisotopic (exact) mass is 545 g/mol. The third-order valence-corrected chi connectivity index (χ3v) is 5.09. The summed E-state index contributed by atoms with van der Waals surface area (Å²) in [5.74, 6) is 0.797. The first-order chi connectivity index (χ1) is 14.5. The molecule has 0 spiro atoms. The number of nitrogens with zero attached hydrogens (tertiary/aromatic N) is 1. The highest BCUT2D eigenvalue weighted by molar-refractivity contribution is 14.0. The normalized spacial score (nSPS) is 16.0. The Morgan fingerprint density at radius 1 is 1.16 bits per heavy atom. The van der Waals surface area contributed by atoms with Gasteiger partial charge in [-0.05, 0) is 43.0 Å². The standard InChI is InChI=1S/C23H29F2N3O2.HI/c1-16-3-4-19(22(11-16)30-15-17-8-10-29-14-17)13-28-23(26-2)27-9-7-18-5-6-20(24)12-21(18)25;/h3-6,11-12,17H,7-10,13-15H2,1-2H3,(H2,26,27,28);1H. The smallest absolute Gasteiger partial charge is 0.191 e. The fraction of sp³-hybridized carbons (Fsp3) is 0.435. The number of hydrogen-bond donors (Lipinski definition) is 2. The van der Waals surface area contributed by atoms with Crippen LogP contribution in [0, 0.1) is 24.5 Å². The lowest BCUT2D eigenvalue weighted by atomic mass is 10.1. The average Bonchev–Trinajstić information content (AvgIpc) is 3.25. The van der Waals surface area contributed by atoms with Crippen LogP contribution in [0.2, 0.25) is 0 Å². The molecule has 170 valence electrons. The molecule has 2 N–H and O–H groups in total. The summed E-state index contributed by atoms with van der Waals surface area (Å²) >= 11 is 0. The molecule has 1 atom stereocenters. The van der Waals surface area contributed by atoms with E-state index in [9.17, 15) is 8.78 Å². The number of benzene rings is 2. The minimum atomic E-state index is -0.571. The Hall–Kier alpha value is -1.94. The molecular weight excluding hydrogens is 515 g/mol. The molecule has 31 heavy (non-hydrogen) atoms. The molecule has 0 bridgehead atoms. The van der Waals surface area contributed by atoms with Crippen molar-refractivity contribution in [1.82, 2.24) is 10.6 Å². The van der Waals surface area contributed by atoms with Crippen LogP contribution in [0.5, 0.6) is 5.75 Å². The zero-order valence-corrected chi connectivity index (χ0v) is 20.2. The molecule has 0 aliphatic carbocycles. The minimum Gasteiger partial charge on any atom is -0.493 e. The predicted molar refractivity (Wildman–Crippen MR) is 129 cm³/mol. The van der Waals surface area contributed by atoms with Crippen LogP contribution in [-0.4, -0.2) is 39.4 Å². The first-order valence-corrected chi connectivity index (χ1v) is 10.2. The maximum atomic E-state index is 13.8. The Morgan fingerprint density at radius 3 is 2.68 bits per heavy atom. The third-order valence-electron chi connectivity index (χ3n) is 5.09. The highest BCUT2D eigenvalue weighted by Crippen LogP contribution is 2.22. The molecule has 8 heteroatoms. The van der Waals surface area contributed by atoms with E-state index in [1.165, 1.54) is 12.1 Å². The van der Waals surface area contributed by atoms with Gasteiger partial charge in [-0.2, -0.15) is 0 Å². The van der Waals surface area contributed by atoms with E-state index >= 15 is 0 Å². The number of aryl methyl sites for hydroxylation is 1. The number of guanidine groups is 1. The van der Waals surface area contributed by atoms with Crippen molar-refractivity contribution >= 4 is 29.9 Å². The molecule has 1 fully saturated rings. The quantitative estimate of drug-likeness (QED) is 0.297. The molecule has 0 amide bonds. The second kappa shape index (κ2) is 12.8. The van der Waals surface area contributed by atoms with Crippen molar-refractivity contribution < 1.29 is 18.3 Å². The van der Waals surface area contributed by atoms with Gasteiger partial charge in [-0.15, -0.1) is 24.0 Å². The molecule has 2 aromatic carbocycles. The summed E-state index contributed by atoms with van der Waals surface area (Å²) in [7, 11) is 1.68. The van der Waals surface area contributed by atoms with Crippen molar-refractivity contribution in [2.24, 2.45) is 10.9 Å². The van der Waals surface area contributed by atoms with Crippen LogP contribution in [-0.2, 0) is 17.7 Å². The van der Waals surface area contributed by atoms with Gasteiger partial charge in [0.15, 0.2) is 5.96 Å². The number of hydrogen-bond acceptors (Lipinski definition) is 3. The van der Waals surface area contributed by atoms with Crippen LogP contribution in [0.3, 0.4) is 0 Å². The molecule has 5 nitrogen and oxygen atoms in total. The number of halogens is 3. The summed E-state index contributed by atoms with van der Waals surface area (Å²) < 4.78 is 38.3. The van der Waals surface area contributed by atoms with E-state index < -0.39 is 11.6 Å². The van der Waals surface area contributed by atoms with E-state index in [-0.39, 0.29) is 24.0 Å². The molecular formula is C23H30F2IN3O2. The summed E-state index contributed by atoms with van der Waals surface area (Å²) in [6, 6.07) is 9.77. The molecule has 1 heterocycles. The van der Waals surface area contributed by atoms with Gasteiger partial charge in [-0.25, -0.2) is 8.78 Å². The first-order valence-electron chi connectivity index (χ1n) is 10.2. The van der Waals surface area contributed by atoms with E-state index in [1.807, 2.05) is 19.1 Å². The fourth-order valence-corrected chi connectivity index (χ4v) is 3.30. The summed E-state index contributed by atoms with van der Waals surface area (Å²) in [5, 5.41) is 6.42. The zero-order valence-electron chi connectivity index (χ0n) is 17.9. The molecule has 0 radical (unpaired) electrons. The Balaban J connectivity index is 0.00000341. The molecule has 3 rings (SSSR count). The van der Waals surface area contributed by atoms with Gasteiger partial charge in [0.25, 0.3) is 0 Å². The molecule has 1 aliphatic rings. The van der Waals surface area contributed by atoms with E-state index in [1.54, 1.807) is 7.05 Å². The third kappa shape index (κ3) is 7.92. The predicted octanol–water partition coefficient (Wildman–Crippen LogP) is 4.21. The van der Waals surface area contributed by atoms with Gasteiger partial charge in [-0.3, -0.25) is 4.99 Å². The first kappa shape index (κ1) is 25.3. The van der Waals surface area contributed by atoms with Crippen LogP contribution in [0.25, 0.3) is 0 Å². The average molecular weight is 545 g/mol. The minimum absolute atomic E-state index is 0. The summed E-state index contributed by atoms with van der Waals surface area (Å²) in [5.41, 5.74) is 2.64. The summed E-state index contributed by atoms with van der Waals surface area (Å²) in [4.78, 5) is 4.21. The van der Waals surface area contributed by atoms with Crippen LogP contribution in [0.1, 0.15) is 23.1 Å². The molecule has 1 saturated heterocycles. The van der Waals surface area contributed by atoms with E-state index in [4.69, 9.17) is 9.47 Å². The highest BCUT2D eigenvalue weighted by atomic mass is 127. The topological polar surface area (TPSA) is 54.9 Å². The Morgan fingerprint density at radius 2 is 1.97 bits per heavy atom. The molecule has 1 unspecified atom stereocenters. The van der Waals surface area contributed by atoms with Crippen LogP contribution in [0.15, 0.2) is 41.4 Å². The lowest BCUT2D eigenvalue weighted by Gasteiger charge is -2.17. The Bertz CT molecular complexity index is 874. The zero-order chi connectivity index (χ0) is 21.3. The highest BCUT2D eigenvalue weighted by Gasteiger charge is 2.17. The Kier molecular flexibility index (Phi) is 10.5. The van der Waals surface area contributed by atoms with Crippen molar-refractivity contribution in [3.05, 3.63) is 64.7 Å². The van der Waals surface area contributed by atoms with Crippen LogP contribution < -0.4 is 15.4 Å². The number of rotatable bonds is 8. The second-order valence-electron chi connectivity index (χ2n) is 7.49. The van der Waals surface area contributed by atoms with E-state index in [2.05, 4.69) is 21.7 Å². The fourth-order valence-electron chi connectivity index (χ4n) is 3.30. The van der Waals surface area contributed by atoms with Gasteiger partial charge in [0.1, 0.15) is 17.4 Å². The van der Waals surface area contributed by atoms with Crippen molar-refractivity contribution in [2.45, 2.75) is 26.3 Å². The van der Waals surface area contributed by atoms with E-state index in [0.29, 0.717) is 43.6 Å². The van der Waals surface area contributed by atoms with Crippen molar-refractivity contribution in [3.8, 4) is 5.75 Å². The van der Waals surface area contributed by atoms with Gasteiger partial charge in [0.05, 0.1) is 13.2 Å². The number of ether oxygens (including phenoxy) is 2. The van der Waals surface area contributed by atoms with Gasteiger partial charge in [0, 0.05) is 44.3 Å². The molecule has 1 aliphatic heterocycles. The van der Waals surface area contributed by atoms with Gasteiger partial charge in [0.2, 0.25) is 0 Å². The maximum absolute atomic E-state index is 13.8. The summed E-state index contributed by atoms with van der Waals surface area (Å²) in [6.45, 7) is 5.26. The van der Waals surface area contributed by atoms with Gasteiger partial charge >= 0.3 is 0 Å². The van der Waals surface area contributed by atoms with Crippen molar-refractivity contribution in [1.29, 1.82) is 0 Å². The molecule has 0 saturated carbocycles. The maximum Gasteiger partial charge on any atom is 0.191 e.